The first-order valence-electron chi connectivity index (χ1n) is 8.64. The summed E-state index contributed by atoms with van der Waals surface area (Å²) >= 11 is 0. The van der Waals surface area contributed by atoms with Gasteiger partial charge >= 0.3 is 6.03 Å². The third-order valence-corrected chi connectivity index (χ3v) is 6.62. The van der Waals surface area contributed by atoms with E-state index in [0.717, 1.165) is 12.1 Å². The Hall–Kier alpha value is -2.53. The zero-order chi connectivity index (χ0) is 20.5. The number of halogens is 2. The molecule has 0 radical (unpaired) electrons. The van der Waals surface area contributed by atoms with Gasteiger partial charge in [-0.05, 0) is 32.4 Å². The Balaban J connectivity index is 1.70. The molecule has 1 N–H and O–H groups in total. The summed E-state index contributed by atoms with van der Waals surface area (Å²) in [6, 6.07) is 2.27. The van der Waals surface area contributed by atoms with Gasteiger partial charge in [0.25, 0.3) is 0 Å². The summed E-state index contributed by atoms with van der Waals surface area (Å²) in [5, 5.41) is 6.07. The molecule has 152 valence electrons. The third kappa shape index (κ3) is 3.99. The van der Waals surface area contributed by atoms with E-state index in [0.29, 0.717) is 19.0 Å². The highest BCUT2D eigenvalue weighted by Gasteiger charge is 2.33. The number of urea groups is 1. The van der Waals surface area contributed by atoms with E-state index < -0.39 is 27.7 Å². The molecule has 28 heavy (non-hydrogen) atoms. The van der Waals surface area contributed by atoms with Gasteiger partial charge in [-0.1, -0.05) is 5.16 Å². The zero-order valence-corrected chi connectivity index (χ0v) is 16.2. The number of nitrogens with zero attached hydrogens (tertiary/aromatic N) is 3. The minimum absolute atomic E-state index is 0.0405. The van der Waals surface area contributed by atoms with Gasteiger partial charge in [0.2, 0.25) is 10.0 Å². The molecule has 2 amide bonds. The van der Waals surface area contributed by atoms with E-state index in [2.05, 4.69) is 10.5 Å². The van der Waals surface area contributed by atoms with Crippen LogP contribution < -0.4 is 5.32 Å². The molecule has 2 heterocycles. The zero-order valence-electron chi connectivity index (χ0n) is 15.4. The first-order valence-corrected chi connectivity index (χ1v) is 10.1. The lowest BCUT2D eigenvalue weighted by atomic mass is 10.3. The Morgan fingerprint density at radius 2 is 1.93 bits per heavy atom. The second kappa shape index (κ2) is 7.84. The molecule has 8 nitrogen and oxygen atoms in total. The predicted molar refractivity (Wildman–Crippen MR) is 96.3 cm³/mol. The molecule has 11 heteroatoms. The molecular weight excluding hydrogens is 394 g/mol. The van der Waals surface area contributed by atoms with Crippen molar-refractivity contribution in [2.24, 2.45) is 0 Å². The Labute approximate surface area is 161 Å². The molecule has 1 aliphatic rings. The van der Waals surface area contributed by atoms with E-state index in [1.165, 1.54) is 16.1 Å². The second-order valence-corrected chi connectivity index (χ2v) is 8.33. The summed E-state index contributed by atoms with van der Waals surface area (Å²) in [5.74, 6) is -1.42. The summed E-state index contributed by atoms with van der Waals surface area (Å²) in [6.07, 6.45) is 0.405. The van der Waals surface area contributed by atoms with E-state index >= 15 is 0 Å². The van der Waals surface area contributed by atoms with Crippen LogP contribution in [0.4, 0.5) is 19.3 Å². The number of anilines is 1. The highest BCUT2D eigenvalue weighted by molar-refractivity contribution is 7.89. The van der Waals surface area contributed by atoms with Crippen molar-refractivity contribution >= 4 is 21.7 Å². The van der Waals surface area contributed by atoms with Crippen molar-refractivity contribution < 1.29 is 26.5 Å². The maximum atomic E-state index is 13.7. The lowest BCUT2D eigenvalue weighted by molar-refractivity contribution is 0.214. The molecule has 1 fully saturated rings. The maximum absolute atomic E-state index is 13.7. The number of hydrogen-bond acceptors (Lipinski definition) is 5. The van der Waals surface area contributed by atoms with Crippen LogP contribution in [0.25, 0.3) is 0 Å². The molecule has 0 unspecified atom stereocenters. The summed E-state index contributed by atoms with van der Waals surface area (Å²) in [7, 11) is -3.81. The van der Waals surface area contributed by atoms with Gasteiger partial charge < -0.3 is 14.7 Å². The number of aryl methyl sites for hydroxylation is 2. The first-order chi connectivity index (χ1) is 13.2. The first kappa shape index (κ1) is 20.2. The molecule has 1 aromatic carbocycles. The number of sulfonamides is 1. The van der Waals surface area contributed by atoms with Crippen LogP contribution in [0.5, 0.6) is 0 Å². The van der Waals surface area contributed by atoms with E-state index in [-0.39, 0.29) is 41.7 Å². The van der Waals surface area contributed by atoms with Crippen molar-refractivity contribution in [3.05, 3.63) is 41.3 Å². The molecule has 1 aliphatic heterocycles. The van der Waals surface area contributed by atoms with Crippen LogP contribution in [0, 0.1) is 25.5 Å². The van der Waals surface area contributed by atoms with Crippen molar-refractivity contribution in [3.8, 4) is 0 Å². The van der Waals surface area contributed by atoms with Gasteiger partial charge in [-0.2, -0.15) is 4.31 Å². The fourth-order valence-corrected chi connectivity index (χ4v) is 4.86. The molecule has 0 aliphatic carbocycles. The van der Waals surface area contributed by atoms with Crippen LogP contribution in [0.2, 0.25) is 0 Å². The van der Waals surface area contributed by atoms with Crippen LogP contribution in [-0.4, -0.2) is 55.0 Å². The topological polar surface area (TPSA) is 95.8 Å². The summed E-state index contributed by atoms with van der Waals surface area (Å²) in [6.45, 7) is 3.80. The molecular formula is C17H20F2N4O4S. The fraction of sp³-hybridized carbons (Fsp3) is 0.412. The summed E-state index contributed by atoms with van der Waals surface area (Å²) in [4.78, 5) is 13.8. The molecule has 1 aromatic heterocycles. The van der Waals surface area contributed by atoms with Crippen molar-refractivity contribution in [2.75, 3.05) is 31.5 Å². The fourth-order valence-electron chi connectivity index (χ4n) is 3.09. The number of hydrogen-bond donors (Lipinski definition) is 1. The number of carbonyl (C=O) groups is 1. The minimum atomic E-state index is -3.81. The number of nitrogens with one attached hydrogen (secondary N) is 1. The number of benzene rings is 1. The number of aromatic nitrogens is 1. The predicted octanol–water partition coefficient (Wildman–Crippen LogP) is 2.50. The number of amides is 2. The van der Waals surface area contributed by atoms with Gasteiger partial charge in [0.1, 0.15) is 22.2 Å². The van der Waals surface area contributed by atoms with Gasteiger partial charge in [0, 0.05) is 32.2 Å². The standard InChI is InChI=1S/C17H20F2N4O4S/c1-11-16(12(2)27-21-11)28(25,26)23-7-3-6-22(8-9-23)17(24)20-15-5-4-13(18)10-14(15)19/h4-5,10H,3,6-9H2,1-2H3,(H,20,24). The molecule has 2 aromatic rings. The van der Waals surface area contributed by atoms with E-state index in [1.807, 2.05) is 0 Å². The van der Waals surface area contributed by atoms with Crippen LogP contribution in [-0.2, 0) is 10.0 Å². The lowest BCUT2D eigenvalue weighted by Gasteiger charge is -2.22. The lowest BCUT2D eigenvalue weighted by Crippen LogP contribution is -2.39. The van der Waals surface area contributed by atoms with Crippen molar-refractivity contribution in [1.29, 1.82) is 0 Å². The summed E-state index contributed by atoms with van der Waals surface area (Å²) < 4.78 is 58.8. The highest BCUT2D eigenvalue weighted by Crippen LogP contribution is 2.24. The van der Waals surface area contributed by atoms with Crippen LogP contribution in [0.1, 0.15) is 17.9 Å². The largest absolute Gasteiger partial charge is 0.360 e. The highest BCUT2D eigenvalue weighted by atomic mass is 32.2. The molecule has 0 saturated carbocycles. The molecule has 0 bridgehead atoms. The molecule has 0 spiro atoms. The van der Waals surface area contributed by atoms with Crippen LogP contribution >= 0.6 is 0 Å². The van der Waals surface area contributed by atoms with Crippen LogP contribution in [0.15, 0.2) is 27.6 Å². The van der Waals surface area contributed by atoms with E-state index in [9.17, 15) is 22.0 Å². The van der Waals surface area contributed by atoms with Crippen LogP contribution in [0.3, 0.4) is 0 Å². The number of rotatable bonds is 3. The summed E-state index contributed by atoms with van der Waals surface area (Å²) in [5.41, 5.74) is 0.138. The number of carbonyl (C=O) groups excluding carboxylic acids is 1. The average Bonchev–Trinajstić information content (AvgIpc) is 2.84. The smallest absolute Gasteiger partial charge is 0.321 e. The SMILES string of the molecule is Cc1noc(C)c1S(=O)(=O)N1CCCN(C(=O)Nc2ccc(F)cc2F)CC1. The normalized spacial score (nSPS) is 16.1. The van der Waals surface area contributed by atoms with Crippen molar-refractivity contribution in [3.63, 3.8) is 0 Å². The van der Waals surface area contributed by atoms with Gasteiger partial charge in [-0.25, -0.2) is 22.0 Å². The Morgan fingerprint density at radius 1 is 1.18 bits per heavy atom. The van der Waals surface area contributed by atoms with Gasteiger partial charge in [0.05, 0.1) is 5.69 Å². The Bertz CT molecular complexity index is 974. The quantitative estimate of drug-likeness (QED) is 0.833. The van der Waals surface area contributed by atoms with Gasteiger partial charge in [0.15, 0.2) is 5.76 Å². The maximum Gasteiger partial charge on any atom is 0.321 e. The molecule has 3 rings (SSSR count). The molecule has 1 saturated heterocycles. The monoisotopic (exact) mass is 414 g/mol. The van der Waals surface area contributed by atoms with Crippen molar-refractivity contribution in [2.45, 2.75) is 25.2 Å². The van der Waals surface area contributed by atoms with Gasteiger partial charge in [-0.15, -0.1) is 0 Å². The average molecular weight is 414 g/mol. The second-order valence-electron chi connectivity index (χ2n) is 6.45. The van der Waals surface area contributed by atoms with E-state index in [1.54, 1.807) is 6.92 Å². The van der Waals surface area contributed by atoms with Gasteiger partial charge in [-0.3, -0.25) is 0 Å². The third-order valence-electron chi connectivity index (χ3n) is 4.48. The van der Waals surface area contributed by atoms with E-state index in [4.69, 9.17) is 4.52 Å². The minimum Gasteiger partial charge on any atom is -0.360 e. The molecule has 0 atom stereocenters. The Morgan fingerprint density at radius 3 is 2.57 bits per heavy atom. The Kier molecular flexibility index (Phi) is 5.66. The van der Waals surface area contributed by atoms with Crippen molar-refractivity contribution in [1.82, 2.24) is 14.4 Å².